The quantitative estimate of drug-likeness (QED) is 0.481. The summed E-state index contributed by atoms with van der Waals surface area (Å²) in [6, 6.07) is 0. The van der Waals surface area contributed by atoms with Crippen molar-refractivity contribution in [3.8, 4) is 0 Å². The van der Waals surface area contributed by atoms with Crippen LogP contribution in [0.15, 0.2) is 36.5 Å². The lowest BCUT2D eigenvalue weighted by molar-refractivity contribution is -0.0541. The highest BCUT2D eigenvalue weighted by atomic mass is 16.3. The lowest BCUT2D eigenvalue weighted by atomic mass is 9.47. The molecular weight excluding hydrogens is 380 g/mol. The number of aliphatic hydroxyl groups is 2. The second kappa shape index (κ2) is 8.17. The molecule has 1 unspecified atom stereocenters. The molecule has 2 N–H and O–H groups in total. The molecule has 2 heteroatoms. The van der Waals surface area contributed by atoms with Crippen LogP contribution in [0.2, 0.25) is 0 Å². The molecule has 174 valence electrons. The average Bonchev–Trinajstić information content (AvgIpc) is 3.09. The van der Waals surface area contributed by atoms with Gasteiger partial charge in [0.25, 0.3) is 0 Å². The lowest BCUT2D eigenvalue weighted by Crippen LogP contribution is -2.50. The highest BCUT2D eigenvalue weighted by Gasteiger charge is 2.59. The van der Waals surface area contributed by atoms with Crippen LogP contribution in [0.25, 0.3) is 0 Å². The van der Waals surface area contributed by atoms with Gasteiger partial charge in [0, 0.05) is 0 Å². The Labute approximate surface area is 190 Å². The molecule has 4 aliphatic rings. The normalized spacial score (nSPS) is 45.4. The van der Waals surface area contributed by atoms with E-state index in [1.165, 1.54) is 38.5 Å². The van der Waals surface area contributed by atoms with Gasteiger partial charge in [0.1, 0.15) is 5.60 Å². The number of aliphatic hydroxyl groups excluding tert-OH is 1. The van der Waals surface area contributed by atoms with Crippen LogP contribution in [0.1, 0.15) is 86.0 Å². The number of hydrogen-bond acceptors (Lipinski definition) is 2. The molecule has 0 spiro atoms. The Kier molecular flexibility index (Phi) is 6.14. The van der Waals surface area contributed by atoms with Gasteiger partial charge in [-0.25, -0.2) is 0 Å². The number of fused-ring (bicyclic) bond motifs is 5. The van der Waals surface area contributed by atoms with Crippen LogP contribution in [0, 0.1) is 46.3 Å². The fraction of sp³-hybridized carbons (Fsp3) is 0.793. The Morgan fingerprint density at radius 2 is 1.84 bits per heavy atom. The standard InChI is InChI=1S/C29H46O2/c1-7-29(31,19(2)3)17-12-20(4)24-10-11-25-23-9-8-21-18-22(30)13-15-27(21,5)26(23)14-16-28(24,25)6/h7-8,12,17,19-20,22-26,30-31H,1,9-11,13-16,18H2,2-6H3/b17-12+/t20-,22+,23+,24-,25+,26+,27+,28-,29?/m1/s1. The summed E-state index contributed by atoms with van der Waals surface area (Å²) in [6.45, 7) is 15.5. The second-order valence-electron chi connectivity index (χ2n) is 12.3. The smallest absolute Gasteiger partial charge is 0.103 e. The molecule has 4 aliphatic carbocycles. The predicted molar refractivity (Wildman–Crippen MR) is 129 cm³/mol. The summed E-state index contributed by atoms with van der Waals surface area (Å²) < 4.78 is 0. The van der Waals surface area contributed by atoms with Crippen molar-refractivity contribution in [3.05, 3.63) is 36.5 Å². The van der Waals surface area contributed by atoms with Crippen LogP contribution >= 0.6 is 0 Å². The fourth-order valence-electron chi connectivity index (χ4n) is 8.48. The van der Waals surface area contributed by atoms with Crippen molar-refractivity contribution >= 4 is 0 Å². The third-order valence-electron chi connectivity index (χ3n) is 10.7. The molecule has 0 aromatic rings. The first-order chi connectivity index (χ1) is 14.5. The zero-order valence-corrected chi connectivity index (χ0v) is 20.6. The maximum absolute atomic E-state index is 10.9. The summed E-state index contributed by atoms with van der Waals surface area (Å²) in [5.41, 5.74) is 1.39. The van der Waals surface area contributed by atoms with Gasteiger partial charge in [0.05, 0.1) is 6.10 Å². The number of rotatable bonds is 5. The van der Waals surface area contributed by atoms with E-state index in [4.69, 9.17) is 0 Å². The summed E-state index contributed by atoms with van der Waals surface area (Å²) in [5, 5.41) is 21.1. The molecule has 0 aliphatic heterocycles. The Balaban J connectivity index is 1.54. The van der Waals surface area contributed by atoms with Gasteiger partial charge in [-0.2, -0.15) is 0 Å². The molecule has 0 heterocycles. The first kappa shape index (κ1) is 23.3. The van der Waals surface area contributed by atoms with E-state index in [-0.39, 0.29) is 12.0 Å². The summed E-state index contributed by atoms with van der Waals surface area (Å²) in [7, 11) is 0. The van der Waals surface area contributed by atoms with Gasteiger partial charge in [-0.05, 0) is 97.7 Å². The highest BCUT2D eigenvalue weighted by Crippen LogP contribution is 2.67. The van der Waals surface area contributed by atoms with Gasteiger partial charge < -0.3 is 10.2 Å². The molecule has 0 amide bonds. The maximum Gasteiger partial charge on any atom is 0.103 e. The molecule has 0 aromatic carbocycles. The predicted octanol–water partition coefficient (Wildman–Crippen LogP) is 6.69. The summed E-state index contributed by atoms with van der Waals surface area (Å²) in [6.07, 6.45) is 18.1. The number of hydrogen-bond donors (Lipinski definition) is 2. The van der Waals surface area contributed by atoms with Gasteiger partial charge >= 0.3 is 0 Å². The van der Waals surface area contributed by atoms with Gasteiger partial charge in [-0.3, -0.25) is 0 Å². The van der Waals surface area contributed by atoms with Crippen LogP contribution < -0.4 is 0 Å². The Bertz CT molecular complexity index is 750. The minimum atomic E-state index is -0.907. The molecule has 4 rings (SSSR count). The van der Waals surface area contributed by atoms with E-state index in [0.29, 0.717) is 22.7 Å². The van der Waals surface area contributed by atoms with E-state index in [2.05, 4.69) is 53.3 Å². The van der Waals surface area contributed by atoms with E-state index in [1.807, 2.05) is 6.08 Å². The van der Waals surface area contributed by atoms with E-state index in [0.717, 1.165) is 30.6 Å². The van der Waals surface area contributed by atoms with Crippen molar-refractivity contribution in [2.75, 3.05) is 0 Å². The maximum atomic E-state index is 10.9. The molecule has 2 nitrogen and oxygen atoms in total. The zero-order valence-electron chi connectivity index (χ0n) is 20.6. The second-order valence-corrected chi connectivity index (χ2v) is 12.3. The van der Waals surface area contributed by atoms with Crippen molar-refractivity contribution in [3.63, 3.8) is 0 Å². The van der Waals surface area contributed by atoms with Crippen molar-refractivity contribution in [1.82, 2.24) is 0 Å². The van der Waals surface area contributed by atoms with Crippen molar-refractivity contribution in [2.45, 2.75) is 97.7 Å². The van der Waals surface area contributed by atoms with Crippen molar-refractivity contribution in [2.24, 2.45) is 46.3 Å². The first-order valence-corrected chi connectivity index (χ1v) is 13.0. The molecule has 0 saturated heterocycles. The van der Waals surface area contributed by atoms with Gasteiger partial charge in [0.2, 0.25) is 0 Å². The van der Waals surface area contributed by atoms with Crippen molar-refractivity contribution in [1.29, 1.82) is 0 Å². The summed E-state index contributed by atoms with van der Waals surface area (Å²) in [5.74, 6) is 3.74. The first-order valence-electron chi connectivity index (χ1n) is 13.0. The molecule has 0 radical (unpaired) electrons. The monoisotopic (exact) mass is 426 g/mol. The van der Waals surface area contributed by atoms with Crippen LogP contribution in [0.3, 0.4) is 0 Å². The Hall–Kier alpha value is -0.860. The zero-order chi connectivity index (χ0) is 22.6. The Morgan fingerprint density at radius 1 is 1.10 bits per heavy atom. The molecule has 31 heavy (non-hydrogen) atoms. The molecule has 3 saturated carbocycles. The topological polar surface area (TPSA) is 40.5 Å². The van der Waals surface area contributed by atoms with E-state index < -0.39 is 5.60 Å². The van der Waals surface area contributed by atoms with Crippen molar-refractivity contribution < 1.29 is 10.2 Å². The highest BCUT2D eigenvalue weighted by molar-refractivity contribution is 5.25. The minimum Gasteiger partial charge on any atom is -0.393 e. The summed E-state index contributed by atoms with van der Waals surface area (Å²) in [4.78, 5) is 0. The molecule has 3 fully saturated rings. The third-order valence-corrected chi connectivity index (χ3v) is 10.7. The Morgan fingerprint density at radius 3 is 2.52 bits per heavy atom. The van der Waals surface area contributed by atoms with E-state index in [1.54, 1.807) is 11.6 Å². The van der Waals surface area contributed by atoms with Gasteiger partial charge in [0.15, 0.2) is 0 Å². The average molecular weight is 427 g/mol. The van der Waals surface area contributed by atoms with E-state index in [9.17, 15) is 10.2 Å². The van der Waals surface area contributed by atoms with Gasteiger partial charge in [-0.1, -0.05) is 71.1 Å². The third kappa shape index (κ3) is 3.70. The molecule has 0 bridgehead atoms. The van der Waals surface area contributed by atoms with Crippen LogP contribution in [-0.2, 0) is 0 Å². The lowest BCUT2D eigenvalue weighted by Gasteiger charge is -2.58. The van der Waals surface area contributed by atoms with Crippen LogP contribution in [0.5, 0.6) is 0 Å². The molecule has 0 aromatic heterocycles. The van der Waals surface area contributed by atoms with Crippen LogP contribution in [-0.4, -0.2) is 21.9 Å². The van der Waals surface area contributed by atoms with E-state index >= 15 is 0 Å². The number of allylic oxidation sites excluding steroid dienone is 2. The molecular formula is C29H46O2. The van der Waals surface area contributed by atoms with Gasteiger partial charge in [-0.15, -0.1) is 0 Å². The summed E-state index contributed by atoms with van der Waals surface area (Å²) >= 11 is 0. The fourth-order valence-corrected chi connectivity index (χ4v) is 8.48. The SMILES string of the molecule is C=CC(O)(/C=C/[C@@H](C)[C@H]1CC[C@H]2[C@@H]3CC=C4C[C@@H](O)CC[C@]4(C)[C@H]3CC[C@]12C)C(C)C. The largest absolute Gasteiger partial charge is 0.393 e. The minimum absolute atomic E-state index is 0.117. The molecule has 9 atom stereocenters. The van der Waals surface area contributed by atoms with Crippen LogP contribution in [0.4, 0.5) is 0 Å².